The van der Waals surface area contributed by atoms with E-state index < -0.39 is 0 Å². The van der Waals surface area contributed by atoms with Gasteiger partial charge >= 0.3 is 0 Å². The molecule has 120 valence electrons. The molecule has 0 aliphatic carbocycles. The SMILES string of the molecule is c1cnc(NC2CCN(CCc3ccc4c(c3)CCO4)C2)nc1. The molecule has 5 heteroatoms. The summed E-state index contributed by atoms with van der Waals surface area (Å²) in [6.07, 6.45) is 6.85. The largest absolute Gasteiger partial charge is 0.493 e. The highest BCUT2D eigenvalue weighted by Gasteiger charge is 2.22. The van der Waals surface area contributed by atoms with Crippen molar-refractivity contribution in [3.8, 4) is 5.75 Å². The molecular formula is C18H22N4O. The van der Waals surface area contributed by atoms with E-state index in [4.69, 9.17) is 4.74 Å². The van der Waals surface area contributed by atoms with Crippen LogP contribution in [0.15, 0.2) is 36.7 Å². The Morgan fingerprint density at radius 2 is 2.17 bits per heavy atom. The summed E-state index contributed by atoms with van der Waals surface area (Å²) in [4.78, 5) is 11.0. The number of ether oxygens (including phenoxy) is 1. The van der Waals surface area contributed by atoms with Gasteiger partial charge in [-0.2, -0.15) is 0 Å². The topological polar surface area (TPSA) is 50.3 Å². The molecule has 0 spiro atoms. The molecule has 1 unspecified atom stereocenters. The number of hydrogen-bond acceptors (Lipinski definition) is 5. The Morgan fingerprint density at radius 3 is 3.09 bits per heavy atom. The lowest BCUT2D eigenvalue weighted by Crippen LogP contribution is -2.28. The molecule has 2 aliphatic rings. The number of nitrogens with zero attached hydrogens (tertiary/aromatic N) is 3. The van der Waals surface area contributed by atoms with Crippen LogP contribution >= 0.6 is 0 Å². The Kier molecular flexibility index (Phi) is 4.11. The molecule has 3 heterocycles. The lowest BCUT2D eigenvalue weighted by atomic mass is 10.1. The molecule has 1 atom stereocenters. The fourth-order valence-corrected chi connectivity index (χ4v) is 3.39. The van der Waals surface area contributed by atoms with Crippen LogP contribution in [0.5, 0.6) is 5.75 Å². The lowest BCUT2D eigenvalue weighted by Gasteiger charge is -2.16. The van der Waals surface area contributed by atoms with Gasteiger partial charge in [0.1, 0.15) is 5.75 Å². The fraction of sp³-hybridized carbons (Fsp3) is 0.444. The quantitative estimate of drug-likeness (QED) is 0.917. The highest BCUT2D eigenvalue weighted by Crippen LogP contribution is 2.26. The number of likely N-dealkylation sites (tertiary alicyclic amines) is 1. The summed E-state index contributed by atoms with van der Waals surface area (Å²) in [5.74, 6) is 1.81. The predicted molar refractivity (Wildman–Crippen MR) is 89.8 cm³/mol. The molecule has 0 bridgehead atoms. The van der Waals surface area contributed by atoms with Gasteiger partial charge in [0.15, 0.2) is 0 Å². The minimum Gasteiger partial charge on any atom is -0.493 e. The highest BCUT2D eigenvalue weighted by atomic mass is 16.5. The monoisotopic (exact) mass is 310 g/mol. The summed E-state index contributed by atoms with van der Waals surface area (Å²) < 4.78 is 5.57. The summed E-state index contributed by atoms with van der Waals surface area (Å²) in [5, 5.41) is 3.42. The first-order valence-electron chi connectivity index (χ1n) is 8.37. The van der Waals surface area contributed by atoms with Gasteiger partial charge in [0, 0.05) is 44.5 Å². The molecule has 4 rings (SSSR count). The molecule has 0 saturated carbocycles. The van der Waals surface area contributed by atoms with E-state index in [2.05, 4.69) is 38.4 Å². The second-order valence-corrected chi connectivity index (χ2v) is 6.29. The first-order valence-corrected chi connectivity index (χ1v) is 8.37. The molecule has 0 radical (unpaired) electrons. The van der Waals surface area contributed by atoms with E-state index >= 15 is 0 Å². The van der Waals surface area contributed by atoms with Crippen LogP contribution in [0, 0.1) is 0 Å². The van der Waals surface area contributed by atoms with Crippen molar-refractivity contribution >= 4 is 5.95 Å². The molecule has 1 N–H and O–H groups in total. The Morgan fingerprint density at radius 1 is 1.26 bits per heavy atom. The molecule has 2 aliphatic heterocycles. The van der Waals surface area contributed by atoms with Crippen molar-refractivity contribution < 1.29 is 4.74 Å². The third kappa shape index (κ3) is 3.45. The molecule has 5 nitrogen and oxygen atoms in total. The number of nitrogens with one attached hydrogen (secondary N) is 1. The van der Waals surface area contributed by atoms with Crippen LogP contribution in [-0.4, -0.2) is 47.2 Å². The number of rotatable bonds is 5. The smallest absolute Gasteiger partial charge is 0.222 e. The maximum absolute atomic E-state index is 5.57. The van der Waals surface area contributed by atoms with E-state index in [0.717, 1.165) is 57.2 Å². The zero-order valence-electron chi connectivity index (χ0n) is 13.2. The Labute approximate surface area is 136 Å². The summed E-state index contributed by atoms with van der Waals surface area (Å²) >= 11 is 0. The average Bonchev–Trinajstić information content (AvgIpc) is 3.22. The Hall–Kier alpha value is -2.14. The summed E-state index contributed by atoms with van der Waals surface area (Å²) in [6, 6.07) is 8.93. The number of benzene rings is 1. The second kappa shape index (κ2) is 6.54. The minimum absolute atomic E-state index is 0.450. The van der Waals surface area contributed by atoms with Crippen LogP contribution in [-0.2, 0) is 12.8 Å². The lowest BCUT2D eigenvalue weighted by molar-refractivity contribution is 0.340. The van der Waals surface area contributed by atoms with Gasteiger partial charge in [0.05, 0.1) is 6.61 Å². The maximum atomic E-state index is 5.57. The van der Waals surface area contributed by atoms with E-state index in [0.29, 0.717) is 6.04 Å². The molecule has 0 amide bonds. The van der Waals surface area contributed by atoms with E-state index in [1.165, 1.54) is 11.1 Å². The number of fused-ring (bicyclic) bond motifs is 1. The van der Waals surface area contributed by atoms with Crippen molar-refractivity contribution in [1.29, 1.82) is 0 Å². The normalized spacial score (nSPS) is 20.3. The van der Waals surface area contributed by atoms with E-state index in [1.807, 2.05) is 6.07 Å². The van der Waals surface area contributed by atoms with Gasteiger partial charge < -0.3 is 15.0 Å². The van der Waals surface area contributed by atoms with Crippen LogP contribution in [0.3, 0.4) is 0 Å². The van der Waals surface area contributed by atoms with E-state index in [-0.39, 0.29) is 0 Å². The Bertz CT molecular complexity index is 661. The van der Waals surface area contributed by atoms with Crippen LogP contribution in [0.2, 0.25) is 0 Å². The number of anilines is 1. The number of aromatic nitrogens is 2. The van der Waals surface area contributed by atoms with Crippen molar-refractivity contribution in [2.24, 2.45) is 0 Å². The second-order valence-electron chi connectivity index (χ2n) is 6.29. The van der Waals surface area contributed by atoms with Gasteiger partial charge in [0.2, 0.25) is 5.95 Å². The molecule has 1 aromatic heterocycles. The van der Waals surface area contributed by atoms with Crippen LogP contribution < -0.4 is 10.1 Å². The van der Waals surface area contributed by atoms with Crippen molar-refractivity contribution in [2.45, 2.75) is 25.3 Å². The molecule has 1 saturated heterocycles. The van der Waals surface area contributed by atoms with Crippen molar-refractivity contribution in [3.05, 3.63) is 47.8 Å². The zero-order valence-corrected chi connectivity index (χ0v) is 13.2. The molecule has 23 heavy (non-hydrogen) atoms. The van der Waals surface area contributed by atoms with Crippen molar-refractivity contribution in [2.75, 3.05) is 31.6 Å². The molecule has 1 aromatic carbocycles. The minimum atomic E-state index is 0.450. The first kappa shape index (κ1) is 14.5. The zero-order chi connectivity index (χ0) is 15.5. The van der Waals surface area contributed by atoms with Gasteiger partial charge in [-0.25, -0.2) is 9.97 Å². The summed E-state index contributed by atoms with van der Waals surface area (Å²) in [6.45, 7) is 4.14. The maximum Gasteiger partial charge on any atom is 0.222 e. The van der Waals surface area contributed by atoms with Gasteiger partial charge in [-0.1, -0.05) is 12.1 Å². The van der Waals surface area contributed by atoms with Gasteiger partial charge in [-0.05, 0) is 36.1 Å². The fourth-order valence-electron chi connectivity index (χ4n) is 3.39. The number of hydrogen-bond donors (Lipinski definition) is 1. The average molecular weight is 310 g/mol. The summed E-state index contributed by atoms with van der Waals surface area (Å²) in [5.41, 5.74) is 2.78. The van der Waals surface area contributed by atoms with Crippen LogP contribution in [0.1, 0.15) is 17.5 Å². The van der Waals surface area contributed by atoms with Crippen molar-refractivity contribution in [1.82, 2.24) is 14.9 Å². The first-order chi connectivity index (χ1) is 11.4. The Balaban J connectivity index is 1.27. The third-order valence-electron chi connectivity index (χ3n) is 4.64. The molecular weight excluding hydrogens is 288 g/mol. The van der Waals surface area contributed by atoms with Crippen LogP contribution in [0.4, 0.5) is 5.95 Å². The van der Waals surface area contributed by atoms with Crippen molar-refractivity contribution in [3.63, 3.8) is 0 Å². The van der Waals surface area contributed by atoms with Gasteiger partial charge in [0.25, 0.3) is 0 Å². The summed E-state index contributed by atoms with van der Waals surface area (Å²) in [7, 11) is 0. The van der Waals surface area contributed by atoms with Gasteiger partial charge in [-0.3, -0.25) is 0 Å². The highest BCUT2D eigenvalue weighted by molar-refractivity contribution is 5.39. The third-order valence-corrected chi connectivity index (χ3v) is 4.64. The van der Waals surface area contributed by atoms with Crippen LogP contribution in [0.25, 0.3) is 0 Å². The molecule has 1 fully saturated rings. The van der Waals surface area contributed by atoms with E-state index in [1.54, 1.807) is 12.4 Å². The molecule has 2 aromatic rings. The van der Waals surface area contributed by atoms with E-state index in [9.17, 15) is 0 Å². The van der Waals surface area contributed by atoms with Gasteiger partial charge in [-0.15, -0.1) is 0 Å². The predicted octanol–water partition coefficient (Wildman–Crippen LogP) is 2.14. The standard InChI is InChI=1S/C18H22N4O/c1-7-19-18(20-8-1)21-16-5-10-22(13-16)9-4-14-2-3-17-15(12-14)6-11-23-17/h1-3,7-8,12,16H,4-6,9-11,13H2,(H,19,20,21).